The first kappa shape index (κ1) is 14.7. The Hall–Kier alpha value is -1.31. The third-order valence-electron chi connectivity index (χ3n) is 2.07. The SMILES string of the molecule is COc1ccccc1OCCOCCS(N)(=O)=O. The van der Waals surface area contributed by atoms with Crippen LogP contribution in [0.25, 0.3) is 0 Å². The van der Waals surface area contributed by atoms with E-state index in [2.05, 4.69) is 0 Å². The Balaban J connectivity index is 2.22. The predicted octanol–water partition coefficient (Wildman–Crippen LogP) is 0.379. The van der Waals surface area contributed by atoms with Gasteiger partial charge in [-0.15, -0.1) is 0 Å². The molecule has 0 saturated carbocycles. The zero-order valence-corrected chi connectivity index (χ0v) is 11.0. The highest BCUT2D eigenvalue weighted by Gasteiger charge is 2.03. The van der Waals surface area contributed by atoms with Gasteiger partial charge in [-0.1, -0.05) is 12.1 Å². The summed E-state index contributed by atoms with van der Waals surface area (Å²) in [6, 6.07) is 7.24. The summed E-state index contributed by atoms with van der Waals surface area (Å²) in [6.07, 6.45) is 0. The largest absolute Gasteiger partial charge is 0.493 e. The lowest BCUT2D eigenvalue weighted by molar-refractivity contribution is 0.110. The quantitative estimate of drug-likeness (QED) is 0.693. The Labute approximate surface area is 107 Å². The molecule has 1 aromatic rings. The predicted molar refractivity (Wildman–Crippen MR) is 67.3 cm³/mol. The minimum absolute atomic E-state index is 0.0636. The molecule has 1 aromatic carbocycles. The van der Waals surface area contributed by atoms with Crippen LogP contribution < -0.4 is 14.6 Å². The molecule has 102 valence electrons. The lowest BCUT2D eigenvalue weighted by atomic mass is 10.3. The Kier molecular flexibility index (Phi) is 5.90. The van der Waals surface area contributed by atoms with E-state index in [0.29, 0.717) is 18.1 Å². The molecule has 1 rings (SSSR count). The van der Waals surface area contributed by atoms with Crippen molar-refractivity contribution in [2.24, 2.45) is 5.14 Å². The molecule has 0 atom stereocenters. The summed E-state index contributed by atoms with van der Waals surface area (Å²) in [4.78, 5) is 0. The number of benzene rings is 1. The van der Waals surface area contributed by atoms with Gasteiger partial charge in [0.05, 0.1) is 26.1 Å². The number of methoxy groups -OCH3 is 1. The van der Waals surface area contributed by atoms with E-state index in [-0.39, 0.29) is 19.0 Å². The fourth-order valence-electron chi connectivity index (χ4n) is 1.23. The molecule has 0 bridgehead atoms. The molecule has 0 amide bonds. The normalized spacial score (nSPS) is 11.2. The highest BCUT2D eigenvalue weighted by atomic mass is 32.2. The number of ether oxygens (including phenoxy) is 3. The van der Waals surface area contributed by atoms with E-state index < -0.39 is 10.0 Å². The molecule has 2 N–H and O–H groups in total. The van der Waals surface area contributed by atoms with Gasteiger partial charge in [-0.3, -0.25) is 0 Å². The smallest absolute Gasteiger partial charge is 0.211 e. The topological polar surface area (TPSA) is 87.8 Å². The molecule has 0 aliphatic rings. The monoisotopic (exact) mass is 275 g/mol. The van der Waals surface area contributed by atoms with Crippen LogP contribution >= 0.6 is 0 Å². The van der Waals surface area contributed by atoms with Gasteiger partial charge in [0.25, 0.3) is 0 Å². The van der Waals surface area contributed by atoms with Gasteiger partial charge in [-0.05, 0) is 12.1 Å². The first-order valence-electron chi connectivity index (χ1n) is 5.37. The van der Waals surface area contributed by atoms with Crippen molar-refractivity contribution < 1.29 is 22.6 Å². The van der Waals surface area contributed by atoms with E-state index in [9.17, 15) is 8.42 Å². The summed E-state index contributed by atoms with van der Waals surface area (Å²) in [6.45, 7) is 0.659. The van der Waals surface area contributed by atoms with Crippen molar-refractivity contribution in [2.75, 3.05) is 32.7 Å². The van der Waals surface area contributed by atoms with Crippen molar-refractivity contribution in [3.8, 4) is 11.5 Å². The summed E-state index contributed by atoms with van der Waals surface area (Å²) in [5, 5.41) is 4.82. The summed E-state index contributed by atoms with van der Waals surface area (Å²) in [5.41, 5.74) is 0. The second kappa shape index (κ2) is 7.20. The van der Waals surface area contributed by atoms with Crippen molar-refractivity contribution in [1.82, 2.24) is 0 Å². The molecule has 0 spiro atoms. The van der Waals surface area contributed by atoms with Crippen LogP contribution in [0.1, 0.15) is 0 Å². The number of primary sulfonamides is 1. The van der Waals surface area contributed by atoms with Crippen molar-refractivity contribution >= 4 is 10.0 Å². The number of sulfonamides is 1. The molecule has 18 heavy (non-hydrogen) atoms. The molecule has 0 aliphatic carbocycles. The van der Waals surface area contributed by atoms with Crippen molar-refractivity contribution in [2.45, 2.75) is 0 Å². The van der Waals surface area contributed by atoms with Gasteiger partial charge < -0.3 is 14.2 Å². The average Bonchev–Trinajstić information content (AvgIpc) is 2.32. The third kappa shape index (κ3) is 5.85. The molecular weight excluding hydrogens is 258 g/mol. The zero-order valence-electron chi connectivity index (χ0n) is 10.2. The number of rotatable bonds is 8. The summed E-state index contributed by atoms with van der Waals surface area (Å²) in [7, 11) is -1.90. The van der Waals surface area contributed by atoms with Crippen molar-refractivity contribution in [1.29, 1.82) is 0 Å². The summed E-state index contributed by atoms with van der Waals surface area (Å²) in [5.74, 6) is 1.07. The van der Waals surface area contributed by atoms with E-state index in [1.807, 2.05) is 12.1 Å². The molecule has 0 fully saturated rings. The van der Waals surface area contributed by atoms with Gasteiger partial charge >= 0.3 is 0 Å². The van der Waals surface area contributed by atoms with Crippen LogP contribution in [0, 0.1) is 0 Å². The second-order valence-corrected chi connectivity index (χ2v) is 5.21. The first-order chi connectivity index (χ1) is 8.53. The van der Waals surface area contributed by atoms with Crippen LogP contribution in [0.4, 0.5) is 0 Å². The van der Waals surface area contributed by atoms with E-state index in [0.717, 1.165) is 0 Å². The maximum absolute atomic E-state index is 10.6. The fraction of sp³-hybridized carbons (Fsp3) is 0.455. The van der Waals surface area contributed by atoms with Gasteiger partial charge in [0.1, 0.15) is 6.61 Å². The van der Waals surface area contributed by atoms with Gasteiger partial charge in [0, 0.05) is 0 Å². The standard InChI is InChI=1S/C11H17NO5S/c1-15-10-4-2-3-5-11(10)17-7-6-16-8-9-18(12,13)14/h2-5H,6-9H2,1H3,(H2,12,13,14). The first-order valence-corrected chi connectivity index (χ1v) is 7.08. The fourth-order valence-corrected chi connectivity index (χ4v) is 1.58. The molecule has 6 nitrogen and oxygen atoms in total. The lowest BCUT2D eigenvalue weighted by Gasteiger charge is -2.10. The number of para-hydroxylation sites is 2. The van der Waals surface area contributed by atoms with Crippen LogP contribution in [-0.2, 0) is 14.8 Å². The highest BCUT2D eigenvalue weighted by molar-refractivity contribution is 7.89. The second-order valence-electron chi connectivity index (χ2n) is 3.48. The van der Waals surface area contributed by atoms with Crippen LogP contribution in [0.15, 0.2) is 24.3 Å². The number of nitrogens with two attached hydrogens (primary N) is 1. The minimum Gasteiger partial charge on any atom is -0.493 e. The molecular formula is C11H17NO5S. The Morgan fingerprint density at radius 1 is 1.11 bits per heavy atom. The summed E-state index contributed by atoms with van der Waals surface area (Å²) < 4.78 is 36.9. The molecule has 0 aromatic heterocycles. The average molecular weight is 275 g/mol. The van der Waals surface area contributed by atoms with Crippen LogP contribution in [-0.4, -0.2) is 41.1 Å². The van der Waals surface area contributed by atoms with Crippen LogP contribution in [0.2, 0.25) is 0 Å². The van der Waals surface area contributed by atoms with E-state index in [1.165, 1.54) is 0 Å². The summed E-state index contributed by atoms with van der Waals surface area (Å²) >= 11 is 0. The molecule has 7 heteroatoms. The Bertz CT molecular complexity index is 460. The maximum Gasteiger partial charge on any atom is 0.211 e. The molecule has 0 saturated heterocycles. The van der Waals surface area contributed by atoms with E-state index in [4.69, 9.17) is 19.3 Å². The van der Waals surface area contributed by atoms with Gasteiger partial charge in [-0.2, -0.15) is 0 Å². The van der Waals surface area contributed by atoms with E-state index >= 15 is 0 Å². The molecule has 0 radical (unpaired) electrons. The Morgan fingerprint density at radius 3 is 2.39 bits per heavy atom. The highest BCUT2D eigenvalue weighted by Crippen LogP contribution is 2.25. The van der Waals surface area contributed by atoms with Gasteiger partial charge in [0.2, 0.25) is 10.0 Å². The van der Waals surface area contributed by atoms with E-state index in [1.54, 1.807) is 19.2 Å². The Morgan fingerprint density at radius 2 is 1.78 bits per heavy atom. The van der Waals surface area contributed by atoms with Gasteiger partial charge in [-0.25, -0.2) is 13.6 Å². The maximum atomic E-state index is 10.6. The number of hydrogen-bond donors (Lipinski definition) is 1. The van der Waals surface area contributed by atoms with Crippen LogP contribution in [0.5, 0.6) is 11.5 Å². The molecule has 0 aliphatic heterocycles. The van der Waals surface area contributed by atoms with Crippen LogP contribution in [0.3, 0.4) is 0 Å². The van der Waals surface area contributed by atoms with Crippen molar-refractivity contribution in [3.05, 3.63) is 24.3 Å². The number of hydrogen-bond acceptors (Lipinski definition) is 5. The zero-order chi connectivity index (χ0) is 13.4. The minimum atomic E-state index is -3.46. The van der Waals surface area contributed by atoms with Crippen molar-refractivity contribution in [3.63, 3.8) is 0 Å². The lowest BCUT2D eigenvalue weighted by Crippen LogP contribution is -2.21. The third-order valence-corrected chi connectivity index (χ3v) is 2.80. The molecule has 0 heterocycles. The molecule has 0 unspecified atom stereocenters. The van der Waals surface area contributed by atoms with Gasteiger partial charge in [0.15, 0.2) is 11.5 Å².